The first-order valence-corrected chi connectivity index (χ1v) is 2.10. The van der Waals surface area contributed by atoms with Crippen LogP contribution in [0.2, 0.25) is 0 Å². The second-order valence-corrected chi connectivity index (χ2v) is 1.34. The third-order valence-corrected chi connectivity index (χ3v) is 0. The minimum Gasteiger partial charge on any atom is 0 e. The molecule has 0 aliphatic heterocycles. The predicted molar refractivity (Wildman–Crippen MR) is 22.7 cm³/mol. The molecule has 0 aromatic carbocycles. The van der Waals surface area contributed by atoms with Crippen molar-refractivity contribution in [2.45, 2.75) is 0 Å². The van der Waals surface area contributed by atoms with Gasteiger partial charge in [0, 0.05) is 17.1 Å². The van der Waals surface area contributed by atoms with Gasteiger partial charge in [0.2, 0.25) is 0 Å². The summed E-state index contributed by atoms with van der Waals surface area (Å²) in [4.78, 5) is 0. The average molecular weight is 293 g/mol. The van der Waals surface area contributed by atoms with Crippen molar-refractivity contribution in [3.63, 3.8) is 0 Å². The van der Waals surface area contributed by atoms with E-state index in [1.807, 2.05) is 0 Å². The summed E-state index contributed by atoms with van der Waals surface area (Å²) in [5.41, 5.74) is 0. The summed E-state index contributed by atoms with van der Waals surface area (Å²) < 4.78 is 31.6. The fourth-order valence-corrected chi connectivity index (χ4v) is 0. The van der Waals surface area contributed by atoms with Crippen LogP contribution in [0.3, 0.4) is 0 Å². The maximum Gasteiger partial charge on any atom is 0 e. The molecule has 0 radical (unpaired) electrons. The third-order valence-electron chi connectivity index (χ3n) is 0. The van der Waals surface area contributed by atoms with Crippen LogP contribution in [0.15, 0.2) is 0 Å². The van der Waals surface area contributed by atoms with Gasteiger partial charge in [0.05, 0.1) is 0 Å². The van der Waals surface area contributed by atoms with Gasteiger partial charge in [-0.3, -0.25) is 9.11 Å². The van der Waals surface area contributed by atoms with Gasteiger partial charge in [0.15, 0.2) is 0 Å². The molecule has 0 unspecified atom stereocenters. The molecule has 7 heavy (non-hydrogen) atoms. The Bertz CT molecular complexity index is 94.9. The van der Waals surface area contributed by atoms with Gasteiger partial charge >= 0.3 is 59.3 Å². The normalized spacial score (nSPS) is 8.29. The second-order valence-electron chi connectivity index (χ2n) is 0.448. The fraction of sp³-hybridized carbons (Fsp3) is 0. The molecule has 44 valence electrons. The number of hydrogen-bond acceptors (Lipinski definition) is 2. The van der Waals surface area contributed by atoms with Gasteiger partial charge in [-0.15, -0.1) is 0 Å². The molecule has 0 saturated heterocycles. The van der Waals surface area contributed by atoms with Crippen LogP contribution >= 0.6 is 0 Å². The molecule has 0 spiro atoms. The minimum absolute atomic E-state index is 0. The van der Waals surface area contributed by atoms with E-state index in [0.29, 0.717) is 0 Å². The first kappa shape index (κ1) is 16.0. The van der Waals surface area contributed by atoms with Crippen molar-refractivity contribution in [1.82, 2.24) is 0 Å². The average Bonchev–Trinajstić information content (AvgIpc) is 0.722. The van der Waals surface area contributed by atoms with Crippen LogP contribution in [0, 0.1) is 0 Å². The van der Waals surface area contributed by atoms with E-state index in [0.717, 1.165) is 0 Å². The molecule has 0 bridgehead atoms. The SMILES string of the molecule is O=S(=O)(O)O.[BaH2].[Fe]. The van der Waals surface area contributed by atoms with Crippen LogP contribution in [0.25, 0.3) is 0 Å². The third kappa shape index (κ3) is 73.6. The van der Waals surface area contributed by atoms with Crippen LogP contribution in [0.4, 0.5) is 0 Å². The van der Waals surface area contributed by atoms with Crippen molar-refractivity contribution in [2.24, 2.45) is 0 Å². The van der Waals surface area contributed by atoms with Crippen molar-refractivity contribution in [2.75, 3.05) is 0 Å². The summed E-state index contributed by atoms with van der Waals surface area (Å²) in [5, 5.41) is 0. The fourth-order valence-electron chi connectivity index (χ4n) is 0. The van der Waals surface area contributed by atoms with Gasteiger partial charge < -0.3 is 0 Å². The van der Waals surface area contributed by atoms with Crippen LogP contribution in [-0.2, 0) is 27.5 Å². The van der Waals surface area contributed by atoms with Crippen molar-refractivity contribution < 1.29 is 34.6 Å². The monoisotopic (exact) mass is 294 g/mol. The molecule has 0 aliphatic carbocycles. The topological polar surface area (TPSA) is 74.6 Å². The van der Waals surface area contributed by atoms with Crippen LogP contribution in [0.5, 0.6) is 0 Å². The van der Waals surface area contributed by atoms with E-state index in [-0.39, 0.29) is 65.9 Å². The molecule has 0 aromatic rings. The molecule has 0 amide bonds. The Morgan fingerprint density at radius 3 is 1.14 bits per heavy atom. The second kappa shape index (κ2) is 6.09. The molecule has 0 heterocycles. The Morgan fingerprint density at radius 1 is 1.14 bits per heavy atom. The van der Waals surface area contributed by atoms with Gasteiger partial charge in [-0.25, -0.2) is 0 Å². The first-order valence-electron chi connectivity index (χ1n) is 0.698. The van der Waals surface area contributed by atoms with Crippen LogP contribution in [-0.4, -0.2) is 66.4 Å². The first-order chi connectivity index (χ1) is 2.00. The van der Waals surface area contributed by atoms with E-state index >= 15 is 0 Å². The van der Waals surface area contributed by atoms with Crippen LogP contribution < -0.4 is 0 Å². The Labute approximate surface area is 92.2 Å². The van der Waals surface area contributed by atoms with E-state index < -0.39 is 10.4 Å². The van der Waals surface area contributed by atoms with E-state index in [2.05, 4.69) is 0 Å². The molecule has 0 fully saturated rings. The molecular formula is H4BaFeO4S. The van der Waals surface area contributed by atoms with E-state index in [9.17, 15) is 0 Å². The van der Waals surface area contributed by atoms with Crippen LogP contribution in [0.1, 0.15) is 0 Å². The zero-order chi connectivity index (χ0) is 4.50. The molecule has 0 rings (SSSR count). The summed E-state index contributed by atoms with van der Waals surface area (Å²) in [7, 11) is -4.67. The molecule has 0 aliphatic rings. The predicted octanol–water partition coefficient (Wildman–Crippen LogP) is -1.57. The van der Waals surface area contributed by atoms with E-state index in [4.69, 9.17) is 17.5 Å². The summed E-state index contributed by atoms with van der Waals surface area (Å²) in [5.74, 6) is 0. The molecule has 0 aromatic heterocycles. The van der Waals surface area contributed by atoms with E-state index in [1.165, 1.54) is 0 Å². The van der Waals surface area contributed by atoms with Crippen molar-refractivity contribution in [3.8, 4) is 0 Å². The van der Waals surface area contributed by atoms with Gasteiger partial charge in [-0.2, -0.15) is 8.42 Å². The maximum absolute atomic E-state index is 8.74. The van der Waals surface area contributed by atoms with Gasteiger partial charge in [0.1, 0.15) is 0 Å². The van der Waals surface area contributed by atoms with Gasteiger partial charge in [-0.05, 0) is 0 Å². The Hall–Kier alpha value is 1.96. The Kier molecular flexibility index (Phi) is 13.9. The van der Waals surface area contributed by atoms with Crippen molar-refractivity contribution in [3.05, 3.63) is 0 Å². The summed E-state index contributed by atoms with van der Waals surface area (Å²) in [6, 6.07) is 0. The molecule has 7 heteroatoms. The molecule has 2 N–H and O–H groups in total. The molecule has 4 nitrogen and oxygen atoms in total. The largest absolute Gasteiger partial charge is 0 e. The molecule has 0 atom stereocenters. The zero-order valence-electron chi connectivity index (χ0n) is 2.47. The minimum atomic E-state index is -4.67. The molecular weight excluding hydrogens is 289 g/mol. The molecule has 0 saturated carbocycles. The van der Waals surface area contributed by atoms with Gasteiger partial charge in [0.25, 0.3) is 0 Å². The Morgan fingerprint density at radius 2 is 1.14 bits per heavy atom. The summed E-state index contributed by atoms with van der Waals surface area (Å²) in [6.07, 6.45) is 0. The number of rotatable bonds is 0. The smallest absolute Gasteiger partial charge is 0 e. The maximum atomic E-state index is 8.74. The quantitative estimate of drug-likeness (QED) is 0.418. The summed E-state index contributed by atoms with van der Waals surface area (Å²) >= 11 is 0. The van der Waals surface area contributed by atoms with Crippen molar-refractivity contribution in [1.29, 1.82) is 0 Å². The van der Waals surface area contributed by atoms with E-state index in [1.54, 1.807) is 0 Å². The van der Waals surface area contributed by atoms with Crippen molar-refractivity contribution >= 4 is 59.3 Å². The Balaban J connectivity index is -0.0000000800. The van der Waals surface area contributed by atoms with Gasteiger partial charge in [-0.1, -0.05) is 0 Å². The zero-order valence-corrected chi connectivity index (χ0v) is 4.39. The standard InChI is InChI=1S/Ba.Fe.H2O4S.2H/c;;1-5(2,3)4;;/h;;(H2,1,2,3,4);;. The number of hydrogen-bond donors (Lipinski definition) is 2. The summed E-state index contributed by atoms with van der Waals surface area (Å²) in [6.45, 7) is 0.